The minimum atomic E-state index is -1.09. The van der Waals surface area contributed by atoms with Crippen LogP contribution in [0.3, 0.4) is 0 Å². The van der Waals surface area contributed by atoms with Gasteiger partial charge in [0.2, 0.25) is 11.7 Å². The van der Waals surface area contributed by atoms with Crippen LogP contribution in [0.1, 0.15) is 27.3 Å². The highest BCUT2D eigenvalue weighted by atomic mass is 32.1. The summed E-state index contributed by atoms with van der Waals surface area (Å²) in [7, 11) is 2.44. The number of hydrogen-bond acceptors (Lipinski definition) is 7. The number of benzene rings is 1. The van der Waals surface area contributed by atoms with Crippen LogP contribution in [0, 0.1) is 17.6 Å². The number of thiophene rings is 1. The number of rotatable bonds is 8. The summed E-state index contributed by atoms with van der Waals surface area (Å²) in [6, 6.07) is 6.16. The van der Waals surface area contributed by atoms with Gasteiger partial charge in [-0.1, -0.05) is 6.58 Å². The molecule has 184 valence electrons. The molecule has 10 heteroatoms. The summed E-state index contributed by atoms with van der Waals surface area (Å²) in [6.07, 6.45) is 2.47. The van der Waals surface area contributed by atoms with Crippen molar-refractivity contribution in [2.24, 2.45) is 5.92 Å². The Labute approximate surface area is 204 Å². The van der Waals surface area contributed by atoms with Gasteiger partial charge in [0.1, 0.15) is 5.56 Å². The highest BCUT2D eigenvalue weighted by Gasteiger charge is 2.29. The molecule has 1 N–H and O–H groups in total. The lowest BCUT2D eigenvalue weighted by Gasteiger charge is -2.31. The van der Waals surface area contributed by atoms with Gasteiger partial charge in [-0.2, -0.15) is 0 Å². The number of carbonyl (C=O) groups is 2. The molecule has 0 spiro atoms. The van der Waals surface area contributed by atoms with E-state index in [-0.39, 0.29) is 34.2 Å². The molecule has 35 heavy (non-hydrogen) atoms. The topological polar surface area (TPSA) is 86.8 Å². The first-order valence-electron chi connectivity index (χ1n) is 10.9. The van der Waals surface area contributed by atoms with E-state index in [1.165, 1.54) is 26.4 Å². The molecule has 2 unspecified atom stereocenters. The van der Waals surface area contributed by atoms with Crippen molar-refractivity contribution in [2.75, 3.05) is 27.4 Å². The Bertz CT molecular complexity index is 1260. The van der Waals surface area contributed by atoms with Gasteiger partial charge >= 0.3 is 0 Å². The van der Waals surface area contributed by atoms with Crippen molar-refractivity contribution in [1.82, 2.24) is 10.3 Å². The van der Waals surface area contributed by atoms with E-state index in [2.05, 4.69) is 16.9 Å². The van der Waals surface area contributed by atoms with Gasteiger partial charge in [-0.05, 0) is 37.1 Å². The summed E-state index contributed by atoms with van der Waals surface area (Å²) >= 11 is 1.09. The van der Waals surface area contributed by atoms with Gasteiger partial charge in [-0.3, -0.25) is 14.6 Å². The van der Waals surface area contributed by atoms with Crippen molar-refractivity contribution >= 4 is 33.2 Å². The molecule has 7 nitrogen and oxygen atoms in total. The summed E-state index contributed by atoms with van der Waals surface area (Å²) in [4.78, 5) is 29.7. The monoisotopic (exact) mass is 502 g/mol. The molecule has 2 atom stereocenters. The van der Waals surface area contributed by atoms with Gasteiger partial charge in [-0.15, -0.1) is 11.3 Å². The Balaban J connectivity index is 1.62. The normalized spacial score (nSPS) is 17.7. The average molecular weight is 503 g/mol. The highest BCUT2D eigenvalue weighted by Crippen LogP contribution is 2.35. The van der Waals surface area contributed by atoms with E-state index in [4.69, 9.17) is 14.2 Å². The Kier molecular flexibility index (Phi) is 7.42. The maximum absolute atomic E-state index is 14.8. The standard InChI is InChI=1S/C25H24F2N2O5S/c1-4-21(30)29-15-7-8-34-12-13(15)9-14-5-6-19-16(28-14)10-20(35-19)25(31)22-23(26)17(32-2)11-18(33-3)24(22)27/h4-6,10-11,13,15H,1,7-9,12H2,2-3H3,(H,29,30). The lowest BCUT2D eigenvalue weighted by molar-refractivity contribution is -0.118. The zero-order valence-electron chi connectivity index (χ0n) is 19.2. The molecule has 3 heterocycles. The summed E-state index contributed by atoms with van der Waals surface area (Å²) in [5.74, 6) is -3.81. The number of ketones is 1. The van der Waals surface area contributed by atoms with Crippen LogP contribution in [-0.2, 0) is 16.0 Å². The summed E-state index contributed by atoms with van der Waals surface area (Å²) in [5, 5.41) is 2.94. The van der Waals surface area contributed by atoms with Crippen molar-refractivity contribution < 1.29 is 32.6 Å². The van der Waals surface area contributed by atoms with Gasteiger partial charge in [0, 0.05) is 30.3 Å². The maximum Gasteiger partial charge on any atom is 0.243 e. The van der Waals surface area contributed by atoms with Gasteiger partial charge in [-0.25, -0.2) is 8.78 Å². The first-order valence-corrected chi connectivity index (χ1v) is 11.7. The largest absolute Gasteiger partial charge is 0.494 e. The molecule has 0 radical (unpaired) electrons. The molecule has 0 aliphatic carbocycles. The van der Waals surface area contributed by atoms with Gasteiger partial charge in [0.25, 0.3) is 0 Å². The highest BCUT2D eigenvalue weighted by molar-refractivity contribution is 7.20. The summed E-state index contributed by atoms with van der Waals surface area (Å²) in [6.45, 7) is 4.53. The van der Waals surface area contributed by atoms with Crippen LogP contribution in [0.4, 0.5) is 8.78 Å². The van der Waals surface area contributed by atoms with Crippen LogP contribution in [0.2, 0.25) is 0 Å². The van der Waals surface area contributed by atoms with Gasteiger partial charge < -0.3 is 19.5 Å². The third-order valence-electron chi connectivity index (χ3n) is 5.91. The zero-order chi connectivity index (χ0) is 25.1. The Morgan fingerprint density at radius 1 is 1.23 bits per heavy atom. The SMILES string of the molecule is C=CC(=O)NC1CCOCC1Cc1ccc2sc(C(=O)c3c(F)c(OC)cc(OC)c3F)cc2n1. The predicted octanol–water partition coefficient (Wildman–Crippen LogP) is 4.07. The molecule has 1 aliphatic heterocycles. The lowest BCUT2D eigenvalue weighted by atomic mass is 9.91. The van der Waals surface area contributed by atoms with Crippen molar-refractivity contribution in [2.45, 2.75) is 18.9 Å². The molecule has 1 amide bonds. The molecular formula is C25H24F2N2O5S. The maximum atomic E-state index is 14.8. The van der Waals surface area contributed by atoms with Crippen molar-refractivity contribution in [3.63, 3.8) is 0 Å². The number of fused-ring (bicyclic) bond motifs is 1. The molecule has 2 aromatic heterocycles. The molecular weight excluding hydrogens is 478 g/mol. The number of nitrogens with zero attached hydrogens (tertiary/aromatic N) is 1. The molecule has 4 rings (SSSR count). The van der Waals surface area contributed by atoms with E-state index >= 15 is 0 Å². The second-order valence-corrected chi connectivity index (χ2v) is 9.14. The smallest absolute Gasteiger partial charge is 0.243 e. The third kappa shape index (κ3) is 5.03. The van der Waals surface area contributed by atoms with Crippen molar-refractivity contribution in [3.05, 3.63) is 64.7 Å². The number of aromatic nitrogens is 1. The molecule has 1 fully saturated rings. The van der Waals surface area contributed by atoms with Crippen molar-refractivity contribution in [3.8, 4) is 11.5 Å². The second kappa shape index (κ2) is 10.5. The van der Waals surface area contributed by atoms with Crippen LogP contribution < -0.4 is 14.8 Å². The number of pyridine rings is 1. The van der Waals surface area contributed by atoms with Crippen LogP contribution >= 0.6 is 11.3 Å². The van der Waals surface area contributed by atoms with Gasteiger partial charge in [0.15, 0.2) is 23.1 Å². The Hall–Kier alpha value is -3.37. The van der Waals surface area contributed by atoms with Crippen LogP contribution in [-0.4, -0.2) is 50.1 Å². The first kappa shape index (κ1) is 24.7. The third-order valence-corrected chi connectivity index (χ3v) is 7.00. The summed E-state index contributed by atoms with van der Waals surface area (Å²) in [5.41, 5.74) is 0.547. The number of carbonyl (C=O) groups excluding carboxylic acids is 2. The average Bonchev–Trinajstić information content (AvgIpc) is 3.29. The first-order chi connectivity index (χ1) is 16.9. The fourth-order valence-corrected chi connectivity index (χ4v) is 5.05. The minimum absolute atomic E-state index is 0.0183. The van der Waals surface area contributed by atoms with Crippen LogP contribution in [0.25, 0.3) is 10.2 Å². The number of ether oxygens (including phenoxy) is 3. The van der Waals surface area contributed by atoms with Crippen molar-refractivity contribution in [1.29, 1.82) is 0 Å². The Morgan fingerprint density at radius 2 is 1.94 bits per heavy atom. The number of amides is 1. The Morgan fingerprint density at radius 3 is 2.60 bits per heavy atom. The minimum Gasteiger partial charge on any atom is -0.494 e. The number of nitrogens with one attached hydrogen (secondary N) is 1. The van der Waals surface area contributed by atoms with E-state index in [0.29, 0.717) is 36.3 Å². The lowest BCUT2D eigenvalue weighted by Crippen LogP contribution is -2.45. The number of halogens is 2. The predicted molar refractivity (Wildman–Crippen MR) is 127 cm³/mol. The quantitative estimate of drug-likeness (QED) is 0.369. The van der Waals surface area contributed by atoms with Crippen LogP contribution in [0.5, 0.6) is 11.5 Å². The molecule has 3 aromatic rings. The van der Waals surface area contributed by atoms with Crippen LogP contribution in [0.15, 0.2) is 36.9 Å². The molecule has 0 saturated carbocycles. The van der Waals surface area contributed by atoms with E-state index in [1.54, 1.807) is 0 Å². The van der Waals surface area contributed by atoms with E-state index in [0.717, 1.165) is 23.1 Å². The molecule has 1 aliphatic rings. The second-order valence-electron chi connectivity index (χ2n) is 8.06. The van der Waals surface area contributed by atoms with E-state index < -0.39 is 23.0 Å². The van der Waals surface area contributed by atoms with E-state index in [9.17, 15) is 18.4 Å². The molecule has 1 aromatic carbocycles. The fourth-order valence-electron chi connectivity index (χ4n) is 4.10. The molecule has 1 saturated heterocycles. The fraction of sp³-hybridized carbons (Fsp3) is 0.320. The zero-order valence-corrected chi connectivity index (χ0v) is 20.0. The number of methoxy groups -OCH3 is 2. The number of hydrogen-bond donors (Lipinski definition) is 1. The van der Waals surface area contributed by atoms with E-state index in [1.807, 2.05) is 12.1 Å². The van der Waals surface area contributed by atoms with Gasteiger partial charge in [0.05, 0.1) is 35.9 Å². The molecule has 0 bridgehead atoms. The summed E-state index contributed by atoms with van der Waals surface area (Å²) < 4.78 is 45.8.